The second-order valence-corrected chi connectivity index (χ2v) is 3.77. The zero-order valence-corrected chi connectivity index (χ0v) is 10.3. The van der Waals surface area contributed by atoms with E-state index in [9.17, 15) is 4.79 Å². The van der Waals surface area contributed by atoms with Crippen molar-refractivity contribution < 1.29 is 4.79 Å². The predicted octanol–water partition coefficient (Wildman–Crippen LogP) is 2.98. The highest BCUT2D eigenvalue weighted by atomic mass is 16.1. The fourth-order valence-corrected chi connectivity index (χ4v) is 1.12. The lowest BCUT2D eigenvalue weighted by Crippen LogP contribution is -1.92. The van der Waals surface area contributed by atoms with E-state index in [0.29, 0.717) is 5.56 Å². The Balaban J connectivity index is 0.000000181. The van der Waals surface area contributed by atoms with Gasteiger partial charge in [-0.3, -0.25) is 14.8 Å². The average molecular weight is 228 g/mol. The van der Waals surface area contributed by atoms with Crippen LogP contribution in [0.3, 0.4) is 0 Å². The van der Waals surface area contributed by atoms with Crippen LogP contribution in [-0.4, -0.2) is 15.8 Å². The van der Waals surface area contributed by atoms with E-state index < -0.39 is 0 Å². The molecule has 0 aliphatic heterocycles. The highest BCUT2D eigenvalue weighted by Crippen LogP contribution is 1.98. The van der Waals surface area contributed by atoms with E-state index in [0.717, 1.165) is 5.69 Å². The van der Waals surface area contributed by atoms with Gasteiger partial charge in [-0.25, -0.2) is 0 Å². The number of ketones is 1. The number of rotatable bonds is 1. The molecule has 2 rings (SSSR count). The molecule has 0 fully saturated rings. The van der Waals surface area contributed by atoms with Crippen molar-refractivity contribution in [1.82, 2.24) is 9.97 Å². The SMILES string of the molecule is CC(=O)c1ccc(C)nc1.Cc1cccnc1. The van der Waals surface area contributed by atoms with Crippen molar-refractivity contribution in [2.45, 2.75) is 20.8 Å². The summed E-state index contributed by atoms with van der Waals surface area (Å²) < 4.78 is 0. The normalized spacial score (nSPS) is 9.12. The maximum absolute atomic E-state index is 10.7. The maximum Gasteiger partial charge on any atom is 0.161 e. The van der Waals surface area contributed by atoms with Gasteiger partial charge < -0.3 is 0 Å². The molecule has 0 aromatic carbocycles. The van der Waals surface area contributed by atoms with Gasteiger partial charge in [-0.1, -0.05) is 6.07 Å². The van der Waals surface area contributed by atoms with Crippen LogP contribution >= 0.6 is 0 Å². The Morgan fingerprint density at radius 1 is 1.12 bits per heavy atom. The lowest BCUT2D eigenvalue weighted by atomic mass is 10.2. The molecule has 2 heterocycles. The Bertz CT molecular complexity index is 463. The summed E-state index contributed by atoms with van der Waals surface area (Å²) in [5.41, 5.74) is 2.82. The molecule has 0 N–H and O–H groups in total. The first kappa shape index (κ1) is 13.0. The van der Waals surface area contributed by atoms with E-state index in [4.69, 9.17) is 0 Å². The van der Waals surface area contributed by atoms with E-state index in [1.807, 2.05) is 38.2 Å². The Labute approximate surface area is 102 Å². The monoisotopic (exact) mass is 228 g/mol. The number of nitrogens with zero attached hydrogens (tertiary/aromatic N) is 2. The summed E-state index contributed by atoms with van der Waals surface area (Å²) in [7, 11) is 0. The average Bonchev–Trinajstić information content (AvgIpc) is 2.31. The minimum atomic E-state index is 0.0625. The van der Waals surface area contributed by atoms with E-state index in [1.54, 1.807) is 18.5 Å². The number of carbonyl (C=O) groups excluding carboxylic acids is 1. The van der Waals surface area contributed by atoms with Crippen molar-refractivity contribution in [3.8, 4) is 0 Å². The van der Waals surface area contributed by atoms with Crippen LogP contribution in [0.25, 0.3) is 0 Å². The highest BCUT2D eigenvalue weighted by Gasteiger charge is 1.96. The minimum absolute atomic E-state index is 0.0625. The van der Waals surface area contributed by atoms with Crippen molar-refractivity contribution in [2.24, 2.45) is 0 Å². The molecule has 3 nitrogen and oxygen atoms in total. The number of hydrogen-bond acceptors (Lipinski definition) is 3. The Morgan fingerprint density at radius 3 is 2.24 bits per heavy atom. The molecular weight excluding hydrogens is 212 g/mol. The van der Waals surface area contributed by atoms with E-state index in [2.05, 4.69) is 9.97 Å². The summed E-state index contributed by atoms with van der Waals surface area (Å²) in [5, 5.41) is 0. The van der Waals surface area contributed by atoms with Crippen molar-refractivity contribution in [3.63, 3.8) is 0 Å². The summed E-state index contributed by atoms with van der Waals surface area (Å²) in [6, 6.07) is 7.56. The molecule has 0 unspecified atom stereocenters. The van der Waals surface area contributed by atoms with Crippen molar-refractivity contribution in [3.05, 3.63) is 59.7 Å². The molecule has 17 heavy (non-hydrogen) atoms. The zero-order chi connectivity index (χ0) is 12.7. The van der Waals surface area contributed by atoms with E-state index in [-0.39, 0.29) is 5.78 Å². The first-order valence-corrected chi connectivity index (χ1v) is 5.40. The lowest BCUT2D eigenvalue weighted by Gasteiger charge is -1.93. The van der Waals surface area contributed by atoms with Gasteiger partial charge in [0.25, 0.3) is 0 Å². The van der Waals surface area contributed by atoms with Gasteiger partial charge in [0.15, 0.2) is 5.78 Å². The second-order valence-electron chi connectivity index (χ2n) is 3.77. The van der Waals surface area contributed by atoms with Gasteiger partial charge in [0.2, 0.25) is 0 Å². The van der Waals surface area contributed by atoms with Crippen molar-refractivity contribution in [1.29, 1.82) is 0 Å². The van der Waals surface area contributed by atoms with E-state index >= 15 is 0 Å². The molecule has 0 atom stereocenters. The molecule has 0 bridgehead atoms. The van der Waals surface area contributed by atoms with Crippen molar-refractivity contribution in [2.75, 3.05) is 0 Å². The minimum Gasteiger partial charge on any atom is -0.294 e. The van der Waals surface area contributed by atoms with Gasteiger partial charge in [0.05, 0.1) is 0 Å². The third kappa shape index (κ3) is 5.02. The van der Waals surface area contributed by atoms with Crippen LogP contribution in [0, 0.1) is 13.8 Å². The number of hydrogen-bond donors (Lipinski definition) is 0. The molecule has 0 radical (unpaired) electrons. The maximum atomic E-state index is 10.7. The molecule has 0 aliphatic rings. The molecule has 3 heteroatoms. The fourth-order valence-electron chi connectivity index (χ4n) is 1.12. The second kappa shape index (κ2) is 6.53. The van der Waals surface area contributed by atoms with Gasteiger partial charge in [-0.2, -0.15) is 0 Å². The standard InChI is InChI=1S/C8H9NO.C6H7N/c1-6-3-4-8(5-9-6)7(2)10;1-6-3-2-4-7-5-6/h3-5H,1-2H3;2-5H,1H3. The number of carbonyl (C=O) groups is 1. The summed E-state index contributed by atoms with van der Waals surface area (Å²) in [6.07, 6.45) is 5.20. The molecule has 0 spiro atoms. The largest absolute Gasteiger partial charge is 0.294 e. The topological polar surface area (TPSA) is 42.9 Å². The quantitative estimate of drug-likeness (QED) is 0.705. The van der Waals surface area contributed by atoms with Gasteiger partial charge >= 0.3 is 0 Å². The summed E-state index contributed by atoms with van der Waals surface area (Å²) in [5.74, 6) is 0.0625. The van der Waals surface area contributed by atoms with Gasteiger partial charge in [-0.15, -0.1) is 0 Å². The van der Waals surface area contributed by atoms with Crippen LogP contribution in [0.15, 0.2) is 42.9 Å². The molecule has 0 saturated heterocycles. The van der Waals surface area contributed by atoms with Gasteiger partial charge in [0, 0.05) is 29.8 Å². The predicted molar refractivity (Wildman–Crippen MR) is 68.0 cm³/mol. The first-order valence-electron chi connectivity index (χ1n) is 5.40. The molecular formula is C14H16N2O. The van der Waals surface area contributed by atoms with Gasteiger partial charge in [-0.05, 0) is 44.5 Å². The lowest BCUT2D eigenvalue weighted by molar-refractivity contribution is 0.101. The van der Waals surface area contributed by atoms with Crippen LogP contribution in [0.1, 0.15) is 28.5 Å². The molecule has 0 saturated carbocycles. The van der Waals surface area contributed by atoms with Crippen LogP contribution in [0.5, 0.6) is 0 Å². The molecule has 0 amide bonds. The number of aryl methyl sites for hydroxylation is 2. The summed E-state index contributed by atoms with van der Waals surface area (Å²) >= 11 is 0. The van der Waals surface area contributed by atoms with Crippen LogP contribution in [-0.2, 0) is 0 Å². The van der Waals surface area contributed by atoms with E-state index in [1.165, 1.54) is 12.5 Å². The molecule has 0 aliphatic carbocycles. The third-order valence-electron chi connectivity index (χ3n) is 2.13. The fraction of sp³-hybridized carbons (Fsp3) is 0.214. The Hall–Kier alpha value is -2.03. The molecule has 2 aromatic rings. The third-order valence-corrected chi connectivity index (χ3v) is 2.13. The van der Waals surface area contributed by atoms with Crippen LogP contribution < -0.4 is 0 Å². The summed E-state index contributed by atoms with van der Waals surface area (Å²) in [6.45, 7) is 5.45. The Kier molecular flexibility index (Phi) is 5.01. The van der Waals surface area contributed by atoms with Crippen molar-refractivity contribution >= 4 is 5.78 Å². The number of Topliss-reactive ketones (excluding diaryl/α,β-unsaturated/α-hetero) is 1. The van der Waals surface area contributed by atoms with Gasteiger partial charge in [0.1, 0.15) is 0 Å². The highest BCUT2D eigenvalue weighted by molar-refractivity contribution is 5.93. The molecule has 88 valence electrons. The molecule has 2 aromatic heterocycles. The number of pyridine rings is 2. The number of aromatic nitrogens is 2. The smallest absolute Gasteiger partial charge is 0.161 e. The first-order chi connectivity index (χ1) is 8.09. The van der Waals surface area contributed by atoms with Crippen LogP contribution in [0.2, 0.25) is 0 Å². The summed E-state index contributed by atoms with van der Waals surface area (Å²) in [4.78, 5) is 18.6. The zero-order valence-electron chi connectivity index (χ0n) is 10.3. The van der Waals surface area contributed by atoms with Crippen LogP contribution in [0.4, 0.5) is 0 Å². The Morgan fingerprint density at radius 2 is 1.88 bits per heavy atom.